The molecule has 0 aromatic rings. The van der Waals surface area contributed by atoms with Crippen molar-refractivity contribution in [1.82, 2.24) is 0 Å². The molecule has 0 bridgehead atoms. The lowest BCUT2D eigenvalue weighted by molar-refractivity contribution is 0.184. The Hall–Kier alpha value is -0.0400. The van der Waals surface area contributed by atoms with Gasteiger partial charge in [-0.25, -0.2) is 0 Å². The fourth-order valence-corrected chi connectivity index (χ4v) is 1.07. The van der Waals surface area contributed by atoms with Crippen LogP contribution in [0.4, 0.5) is 0 Å². The molecule has 0 N–H and O–H groups in total. The molecule has 1 nitrogen and oxygen atoms in total. The first-order chi connectivity index (χ1) is 5.91. The lowest BCUT2D eigenvalue weighted by atomic mass is 10.2. The van der Waals surface area contributed by atoms with Crippen molar-refractivity contribution in [1.29, 1.82) is 0 Å². The van der Waals surface area contributed by atoms with Crippen molar-refractivity contribution >= 4 is 0 Å². The molecule has 0 atom stereocenters. The van der Waals surface area contributed by atoms with Crippen molar-refractivity contribution in [2.24, 2.45) is 0 Å². The van der Waals surface area contributed by atoms with Gasteiger partial charge in [-0.15, -0.1) is 0 Å². The molecular formula is C11H23O. The summed E-state index contributed by atoms with van der Waals surface area (Å²) in [6.07, 6.45) is 8.82. The highest BCUT2D eigenvalue weighted by atomic mass is 16.5. The summed E-state index contributed by atoms with van der Waals surface area (Å²) in [4.78, 5) is 0. The lowest BCUT2D eigenvalue weighted by Gasteiger charge is -2.01. The predicted molar refractivity (Wildman–Crippen MR) is 53.9 cm³/mol. The highest BCUT2D eigenvalue weighted by Gasteiger charge is 1.89. The maximum atomic E-state index is 5.36. The van der Waals surface area contributed by atoms with E-state index in [4.69, 9.17) is 4.74 Å². The third-order valence-electron chi connectivity index (χ3n) is 1.91. The van der Waals surface area contributed by atoms with E-state index in [1.165, 1.54) is 38.5 Å². The summed E-state index contributed by atoms with van der Waals surface area (Å²) in [5.41, 5.74) is 0. The van der Waals surface area contributed by atoms with Crippen LogP contribution in [0.15, 0.2) is 0 Å². The average Bonchev–Trinajstić information content (AvgIpc) is 2.10. The largest absolute Gasteiger partial charge is 0.376 e. The number of hydrogen-bond donors (Lipinski definition) is 0. The second-order valence-electron chi connectivity index (χ2n) is 3.24. The fourth-order valence-electron chi connectivity index (χ4n) is 1.07. The van der Waals surface area contributed by atoms with Crippen molar-refractivity contribution in [3.63, 3.8) is 0 Å². The summed E-state index contributed by atoms with van der Waals surface area (Å²) in [6, 6.07) is 0. The molecule has 0 aromatic heterocycles. The Balaban J connectivity index is 2.73. The molecule has 0 aliphatic heterocycles. The predicted octanol–water partition coefficient (Wildman–Crippen LogP) is 3.94. The highest BCUT2D eigenvalue weighted by molar-refractivity contribution is 4.50. The maximum absolute atomic E-state index is 5.36. The smallest absolute Gasteiger partial charge is 0.0836 e. The first-order valence-corrected chi connectivity index (χ1v) is 5.35. The summed E-state index contributed by atoms with van der Waals surface area (Å²) in [5, 5.41) is 0. The summed E-state index contributed by atoms with van der Waals surface area (Å²) < 4.78 is 5.36. The van der Waals surface area contributed by atoms with Crippen molar-refractivity contribution in [3.05, 3.63) is 6.61 Å². The number of unbranched alkanes of at least 4 members (excludes halogenated alkanes) is 5. The van der Waals surface area contributed by atoms with Crippen LogP contribution in [0.5, 0.6) is 0 Å². The molecular weight excluding hydrogens is 148 g/mol. The van der Waals surface area contributed by atoms with Gasteiger partial charge in [-0.1, -0.05) is 46.0 Å². The summed E-state index contributed by atoms with van der Waals surface area (Å²) >= 11 is 0. The molecule has 1 heteroatoms. The molecule has 1 radical (unpaired) electrons. The Morgan fingerprint density at radius 1 is 0.917 bits per heavy atom. The molecule has 0 rings (SSSR count). The summed E-state index contributed by atoms with van der Waals surface area (Å²) in [7, 11) is 0. The van der Waals surface area contributed by atoms with Gasteiger partial charge in [-0.05, 0) is 12.8 Å². The minimum absolute atomic E-state index is 0.920. The van der Waals surface area contributed by atoms with Crippen LogP contribution >= 0.6 is 0 Å². The molecule has 0 spiro atoms. The van der Waals surface area contributed by atoms with E-state index in [0.29, 0.717) is 0 Å². The van der Waals surface area contributed by atoms with Gasteiger partial charge in [0.2, 0.25) is 0 Å². The van der Waals surface area contributed by atoms with Crippen LogP contribution < -0.4 is 0 Å². The van der Waals surface area contributed by atoms with Crippen LogP contribution in [0.25, 0.3) is 0 Å². The molecule has 0 amide bonds. The average molecular weight is 171 g/mol. The van der Waals surface area contributed by atoms with Crippen molar-refractivity contribution in [2.75, 3.05) is 6.61 Å². The Morgan fingerprint density at radius 2 is 1.67 bits per heavy atom. The van der Waals surface area contributed by atoms with Crippen LogP contribution in [-0.2, 0) is 4.74 Å². The van der Waals surface area contributed by atoms with E-state index >= 15 is 0 Å². The summed E-state index contributed by atoms with van der Waals surface area (Å²) in [5.74, 6) is 0. The van der Waals surface area contributed by atoms with E-state index in [1.54, 1.807) is 0 Å². The first-order valence-electron chi connectivity index (χ1n) is 5.35. The number of ether oxygens (including phenoxy) is 1. The quantitative estimate of drug-likeness (QED) is 0.477. The fraction of sp³-hybridized carbons (Fsp3) is 0.909. The molecule has 73 valence electrons. The zero-order valence-electron chi connectivity index (χ0n) is 8.64. The van der Waals surface area contributed by atoms with E-state index < -0.39 is 0 Å². The molecule has 0 aliphatic carbocycles. The van der Waals surface area contributed by atoms with Gasteiger partial charge < -0.3 is 4.74 Å². The Kier molecular flexibility index (Phi) is 10.9. The lowest BCUT2D eigenvalue weighted by Crippen LogP contribution is -1.91. The maximum Gasteiger partial charge on any atom is 0.0836 e. The van der Waals surface area contributed by atoms with Gasteiger partial charge in [-0.3, -0.25) is 0 Å². The first kappa shape index (κ1) is 12.0. The molecule has 0 aromatic carbocycles. The van der Waals surface area contributed by atoms with E-state index in [0.717, 1.165) is 13.0 Å². The van der Waals surface area contributed by atoms with Gasteiger partial charge >= 0.3 is 0 Å². The second-order valence-corrected chi connectivity index (χ2v) is 3.24. The standard InChI is InChI=1S/C11H23O/c1-3-5-7-9-11-12-10-8-6-4-2/h10H,3-9,11H2,1-2H3. The monoisotopic (exact) mass is 171 g/mol. The molecule has 0 aliphatic rings. The van der Waals surface area contributed by atoms with Crippen LogP contribution in [0.1, 0.15) is 58.8 Å². The second kappa shape index (κ2) is 11.0. The molecule has 12 heavy (non-hydrogen) atoms. The van der Waals surface area contributed by atoms with Gasteiger partial charge in [-0.2, -0.15) is 0 Å². The summed E-state index contributed by atoms with van der Waals surface area (Å²) in [6.45, 7) is 7.32. The molecule has 0 unspecified atom stereocenters. The Labute approximate surface area is 77.5 Å². The third-order valence-corrected chi connectivity index (χ3v) is 1.91. The Bertz CT molecular complexity index is 61.4. The third kappa shape index (κ3) is 9.96. The zero-order valence-corrected chi connectivity index (χ0v) is 8.64. The van der Waals surface area contributed by atoms with Gasteiger partial charge in [0.15, 0.2) is 0 Å². The van der Waals surface area contributed by atoms with Gasteiger partial charge in [0.05, 0.1) is 6.61 Å². The SMILES string of the molecule is CCCC[CH]OCCCCCC. The van der Waals surface area contributed by atoms with E-state index in [2.05, 4.69) is 13.8 Å². The highest BCUT2D eigenvalue weighted by Crippen LogP contribution is 2.02. The van der Waals surface area contributed by atoms with Crippen LogP contribution in [-0.4, -0.2) is 6.61 Å². The molecule has 0 heterocycles. The zero-order chi connectivity index (χ0) is 9.07. The van der Waals surface area contributed by atoms with Crippen molar-refractivity contribution < 1.29 is 4.74 Å². The topological polar surface area (TPSA) is 9.23 Å². The molecule has 0 saturated carbocycles. The minimum Gasteiger partial charge on any atom is -0.376 e. The van der Waals surface area contributed by atoms with Crippen molar-refractivity contribution in [2.45, 2.75) is 58.8 Å². The van der Waals surface area contributed by atoms with E-state index in [9.17, 15) is 0 Å². The minimum atomic E-state index is 0.920. The van der Waals surface area contributed by atoms with Crippen LogP contribution in [0, 0.1) is 6.61 Å². The normalized spacial score (nSPS) is 10.5. The van der Waals surface area contributed by atoms with Crippen LogP contribution in [0.3, 0.4) is 0 Å². The van der Waals surface area contributed by atoms with Gasteiger partial charge in [0, 0.05) is 6.61 Å². The number of rotatable bonds is 9. The molecule has 0 fully saturated rings. The van der Waals surface area contributed by atoms with Gasteiger partial charge in [0.25, 0.3) is 0 Å². The number of hydrogen-bond acceptors (Lipinski definition) is 1. The van der Waals surface area contributed by atoms with Crippen LogP contribution in [0.2, 0.25) is 0 Å². The van der Waals surface area contributed by atoms with E-state index in [1.807, 2.05) is 6.61 Å². The van der Waals surface area contributed by atoms with Gasteiger partial charge in [0.1, 0.15) is 0 Å². The Morgan fingerprint density at radius 3 is 2.33 bits per heavy atom. The molecule has 0 saturated heterocycles. The van der Waals surface area contributed by atoms with E-state index in [-0.39, 0.29) is 0 Å². The van der Waals surface area contributed by atoms with Crippen molar-refractivity contribution in [3.8, 4) is 0 Å².